The molecule has 1 aliphatic carbocycles. The Kier molecular flexibility index (Phi) is 3.01. The van der Waals surface area contributed by atoms with E-state index in [9.17, 15) is 0 Å². The lowest BCUT2D eigenvalue weighted by Crippen LogP contribution is -2.11. The van der Waals surface area contributed by atoms with Crippen molar-refractivity contribution in [3.05, 3.63) is 48.2 Å². The van der Waals surface area contributed by atoms with Crippen molar-refractivity contribution in [2.24, 2.45) is 0 Å². The number of hydrogen-bond acceptors (Lipinski definition) is 2. The van der Waals surface area contributed by atoms with Gasteiger partial charge in [-0.15, -0.1) is 6.58 Å². The molecule has 0 bridgehead atoms. The van der Waals surface area contributed by atoms with Crippen LogP contribution in [0.5, 0.6) is 0 Å². The number of rotatable bonds is 3. The minimum Gasteiger partial charge on any atom is -0.381 e. The van der Waals surface area contributed by atoms with Gasteiger partial charge in [0, 0.05) is 23.3 Å². The first kappa shape index (κ1) is 11.3. The van der Waals surface area contributed by atoms with E-state index < -0.39 is 0 Å². The topological polar surface area (TPSA) is 24.9 Å². The van der Waals surface area contributed by atoms with Crippen LogP contribution < -0.4 is 5.32 Å². The summed E-state index contributed by atoms with van der Waals surface area (Å²) in [6.45, 7) is 4.60. The van der Waals surface area contributed by atoms with Crippen LogP contribution in [0.2, 0.25) is 0 Å². The van der Waals surface area contributed by atoms with Crippen LogP contribution in [0.15, 0.2) is 36.9 Å². The minimum absolute atomic E-state index is 0.806. The first-order valence-corrected chi connectivity index (χ1v) is 6.65. The molecular weight excluding hydrogens is 220 g/mol. The number of nitrogens with zero attached hydrogens (tertiary/aromatic N) is 1. The summed E-state index contributed by atoms with van der Waals surface area (Å²) in [6.07, 6.45) is 6.70. The Hall–Kier alpha value is -1.83. The molecule has 0 fully saturated rings. The van der Waals surface area contributed by atoms with Gasteiger partial charge >= 0.3 is 0 Å². The molecule has 3 rings (SSSR count). The van der Waals surface area contributed by atoms with Gasteiger partial charge in [0.15, 0.2) is 0 Å². The average Bonchev–Trinajstić information content (AvgIpc) is 2.43. The van der Waals surface area contributed by atoms with Crippen LogP contribution >= 0.6 is 0 Å². The highest BCUT2D eigenvalue weighted by Gasteiger charge is 2.17. The second kappa shape index (κ2) is 4.81. The molecule has 1 aromatic heterocycles. The van der Waals surface area contributed by atoms with Gasteiger partial charge < -0.3 is 5.32 Å². The summed E-state index contributed by atoms with van der Waals surface area (Å²) in [5, 5.41) is 4.74. The number of nitrogens with one attached hydrogen (secondary N) is 1. The number of pyridine rings is 1. The Morgan fingerprint density at radius 1 is 1.22 bits per heavy atom. The molecule has 2 aromatic rings. The quantitative estimate of drug-likeness (QED) is 0.824. The normalized spacial score (nSPS) is 14.2. The summed E-state index contributed by atoms with van der Waals surface area (Å²) in [7, 11) is 0. The van der Waals surface area contributed by atoms with Gasteiger partial charge in [0.1, 0.15) is 0 Å². The smallest absolute Gasteiger partial charge is 0.0726 e. The van der Waals surface area contributed by atoms with Crippen molar-refractivity contribution < 1.29 is 0 Å². The van der Waals surface area contributed by atoms with E-state index in [2.05, 4.69) is 36.2 Å². The number of hydrogen-bond donors (Lipinski definition) is 1. The Balaban J connectivity index is 2.22. The number of benzene rings is 1. The highest BCUT2D eigenvalue weighted by atomic mass is 14.9. The Labute approximate surface area is 108 Å². The molecule has 0 aliphatic heterocycles. The minimum atomic E-state index is 0.806. The monoisotopic (exact) mass is 238 g/mol. The standard InChI is InChI=1S/C16H18N2/c1-2-11-17-16-12-7-3-5-9-14(12)18-15-10-6-4-8-13(15)16/h2-3,5,7,9H,1,4,6,8,10-11H2,(H,17,18). The predicted octanol–water partition coefficient (Wildman–Crippen LogP) is 3.71. The van der Waals surface area contributed by atoms with Crippen LogP contribution in [0.25, 0.3) is 10.9 Å². The molecule has 2 heteroatoms. The van der Waals surface area contributed by atoms with Crippen LogP contribution in [0.4, 0.5) is 5.69 Å². The highest BCUT2D eigenvalue weighted by molar-refractivity contribution is 5.93. The third-order valence-electron chi connectivity index (χ3n) is 3.59. The Bertz CT molecular complexity index is 587. The van der Waals surface area contributed by atoms with Gasteiger partial charge in [0.25, 0.3) is 0 Å². The summed E-state index contributed by atoms with van der Waals surface area (Å²) in [4.78, 5) is 4.82. The van der Waals surface area contributed by atoms with Crippen LogP contribution in [0.1, 0.15) is 24.1 Å². The maximum atomic E-state index is 4.82. The lowest BCUT2D eigenvalue weighted by atomic mass is 9.92. The van der Waals surface area contributed by atoms with Gasteiger partial charge in [-0.1, -0.05) is 24.3 Å². The summed E-state index contributed by atoms with van der Waals surface area (Å²) in [5.41, 5.74) is 5.08. The molecule has 0 atom stereocenters. The van der Waals surface area contributed by atoms with Gasteiger partial charge in [0.2, 0.25) is 0 Å². The van der Waals surface area contributed by atoms with Gasteiger partial charge in [-0.2, -0.15) is 0 Å². The molecule has 2 nitrogen and oxygen atoms in total. The fourth-order valence-corrected chi connectivity index (χ4v) is 2.75. The first-order chi connectivity index (χ1) is 8.90. The number of para-hydroxylation sites is 1. The third-order valence-corrected chi connectivity index (χ3v) is 3.59. The third kappa shape index (κ3) is 1.88. The summed E-state index contributed by atoms with van der Waals surface area (Å²) >= 11 is 0. The Morgan fingerprint density at radius 2 is 2.06 bits per heavy atom. The van der Waals surface area contributed by atoms with Gasteiger partial charge in [-0.25, -0.2) is 0 Å². The highest BCUT2D eigenvalue weighted by Crippen LogP contribution is 2.32. The first-order valence-electron chi connectivity index (χ1n) is 6.65. The van der Waals surface area contributed by atoms with E-state index in [4.69, 9.17) is 4.98 Å². The van der Waals surface area contributed by atoms with E-state index in [1.807, 2.05) is 6.08 Å². The second-order valence-electron chi connectivity index (χ2n) is 4.81. The van der Waals surface area contributed by atoms with Crippen molar-refractivity contribution in [1.29, 1.82) is 0 Å². The van der Waals surface area contributed by atoms with E-state index in [0.29, 0.717) is 0 Å². The molecule has 1 aromatic carbocycles. The number of aromatic nitrogens is 1. The molecular formula is C16H18N2. The molecule has 1 aliphatic rings. The number of aryl methyl sites for hydroxylation is 1. The van der Waals surface area contributed by atoms with Gasteiger partial charge in [0.05, 0.1) is 5.52 Å². The molecule has 1 N–H and O–H groups in total. The van der Waals surface area contributed by atoms with Gasteiger partial charge in [-0.3, -0.25) is 4.98 Å². The van der Waals surface area contributed by atoms with Crippen molar-refractivity contribution in [3.8, 4) is 0 Å². The zero-order valence-corrected chi connectivity index (χ0v) is 10.6. The number of anilines is 1. The molecule has 18 heavy (non-hydrogen) atoms. The van der Waals surface area contributed by atoms with E-state index in [0.717, 1.165) is 24.9 Å². The summed E-state index contributed by atoms with van der Waals surface area (Å²) < 4.78 is 0. The van der Waals surface area contributed by atoms with Crippen molar-refractivity contribution in [1.82, 2.24) is 4.98 Å². The van der Waals surface area contributed by atoms with Crippen molar-refractivity contribution in [2.45, 2.75) is 25.7 Å². The molecule has 0 unspecified atom stereocenters. The van der Waals surface area contributed by atoms with E-state index in [1.54, 1.807) is 0 Å². The van der Waals surface area contributed by atoms with E-state index in [-0.39, 0.29) is 0 Å². The fraction of sp³-hybridized carbons (Fsp3) is 0.312. The summed E-state index contributed by atoms with van der Waals surface area (Å²) in [5.74, 6) is 0. The zero-order valence-electron chi connectivity index (χ0n) is 10.6. The van der Waals surface area contributed by atoms with Crippen LogP contribution in [0.3, 0.4) is 0 Å². The predicted molar refractivity (Wildman–Crippen MR) is 77.1 cm³/mol. The zero-order chi connectivity index (χ0) is 12.4. The van der Waals surface area contributed by atoms with Crippen LogP contribution in [-0.4, -0.2) is 11.5 Å². The van der Waals surface area contributed by atoms with E-state index in [1.165, 1.54) is 35.2 Å². The molecule has 0 saturated heterocycles. The maximum Gasteiger partial charge on any atom is 0.0726 e. The van der Waals surface area contributed by atoms with Crippen LogP contribution in [0, 0.1) is 0 Å². The van der Waals surface area contributed by atoms with E-state index >= 15 is 0 Å². The molecule has 1 heterocycles. The largest absolute Gasteiger partial charge is 0.381 e. The molecule has 92 valence electrons. The van der Waals surface area contributed by atoms with Crippen molar-refractivity contribution in [2.75, 3.05) is 11.9 Å². The van der Waals surface area contributed by atoms with Crippen molar-refractivity contribution >= 4 is 16.6 Å². The molecule has 0 amide bonds. The second-order valence-corrected chi connectivity index (χ2v) is 4.81. The van der Waals surface area contributed by atoms with Crippen LogP contribution in [-0.2, 0) is 12.8 Å². The Morgan fingerprint density at radius 3 is 2.94 bits per heavy atom. The maximum absolute atomic E-state index is 4.82. The average molecular weight is 238 g/mol. The molecule has 0 spiro atoms. The fourth-order valence-electron chi connectivity index (χ4n) is 2.75. The molecule has 0 saturated carbocycles. The molecule has 0 radical (unpaired) electrons. The van der Waals surface area contributed by atoms with Gasteiger partial charge in [-0.05, 0) is 37.3 Å². The SMILES string of the molecule is C=CCNc1c2c(nc3ccccc13)CCCC2. The lowest BCUT2D eigenvalue weighted by Gasteiger charge is -2.21. The lowest BCUT2D eigenvalue weighted by molar-refractivity contribution is 0.672. The van der Waals surface area contributed by atoms with Crippen molar-refractivity contribution in [3.63, 3.8) is 0 Å². The number of fused-ring (bicyclic) bond motifs is 2. The summed E-state index contributed by atoms with van der Waals surface area (Å²) in [6, 6.07) is 8.39.